The summed E-state index contributed by atoms with van der Waals surface area (Å²) in [5, 5.41) is 3.20. The van der Waals surface area contributed by atoms with Gasteiger partial charge in [-0.2, -0.15) is 0 Å². The van der Waals surface area contributed by atoms with E-state index in [9.17, 15) is 0 Å². The molecular formula is C7H15N. The molecule has 1 nitrogen and oxygen atoms in total. The van der Waals surface area contributed by atoms with Gasteiger partial charge in [0.05, 0.1) is 0 Å². The second kappa shape index (κ2) is 6.70. The Balaban J connectivity index is 0.000000222. The molecule has 0 aromatic carbocycles. The van der Waals surface area contributed by atoms with Crippen LogP contribution in [0.5, 0.6) is 0 Å². The molecule has 1 heteroatoms. The number of nitrogens with one attached hydrogen (secondary N) is 1. The fraction of sp³-hybridized carbons (Fsp3) is 0.714. The van der Waals surface area contributed by atoms with Gasteiger partial charge in [-0.15, -0.1) is 0 Å². The van der Waals surface area contributed by atoms with E-state index in [1.54, 1.807) is 0 Å². The Hall–Kier alpha value is -0.300. The summed E-state index contributed by atoms with van der Waals surface area (Å²) in [4.78, 5) is 0. The molecular weight excluding hydrogens is 98.1 g/mol. The van der Waals surface area contributed by atoms with Crippen LogP contribution in [0.3, 0.4) is 0 Å². The smallest absolute Gasteiger partial charge is 0.0135 e. The average Bonchev–Trinajstić information content (AvgIpc) is 1.96. The third-order valence-electron chi connectivity index (χ3n) is 0.917. The zero-order valence-corrected chi connectivity index (χ0v) is 5.78. The van der Waals surface area contributed by atoms with Crippen molar-refractivity contribution in [2.24, 2.45) is 0 Å². The molecule has 0 aliphatic carbocycles. The fourth-order valence-corrected chi connectivity index (χ4v) is 0.572. The van der Waals surface area contributed by atoms with E-state index in [0.717, 1.165) is 13.1 Å². The molecule has 1 rings (SSSR count). The molecule has 0 radical (unpaired) electrons. The van der Waals surface area contributed by atoms with E-state index in [0.29, 0.717) is 0 Å². The monoisotopic (exact) mass is 113 g/mol. The van der Waals surface area contributed by atoms with Crippen LogP contribution >= 0.6 is 0 Å². The summed E-state index contributed by atoms with van der Waals surface area (Å²) in [6.07, 6.45) is 5.57. The summed E-state index contributed by atoms with van der Waals surface area (Å²) >= 11 is 0. The minimum atomic E-state index is 1.07. The molecule has 8 heavy (non-hydrogen) atoms. The fourth-order valence-electron chi connectivity index (χ4n) is 0.572. The largest absolute Gasteiger partial charge is 0.313 e. The van der Waals surface area contributed by atoms with Gasteiger partial charge >= 0.3 is 0 Å². The quantitative estimate of drug-likeness (QED) is 0.470. The zero-order chi connectivity index (χ0) is 6.24. The molecule has 0 unspecified atom stereocenters. The standard InChI is InChI=1S/C5H9N.C2H6/c1-2-4-6-5-3-1;1-2/h1-2,6H,3-5H2;1-2H3. The summed E-state index contributed by atoms with van der Waals surface area (Å²) in [7, 11) is 0. The summed E-state index contributed by atoms with van der Waals surface area (Å²) in [5.74, 6) is 0. The molecule has 0 aromatic rings. The molecule has 1 aliphatic rings. The van der Waals surface area contributed by atoms with Gasteiger partial charge in [-0.3, -0.25) is 0 Å². The Morgan fingerprint density at radius 2 is 2.00 bits per heavy atom. The molecule has 0 atom stereocenters. The molecule has 0 fully saturated rings. The van der Waals surface area contributed by atoms with Crippen molar-refractivity contribution >= 4 is 0 Å². The van der Waals surface area contributed by atoms with Gasteiger partial charge in [0.15, 0.2) is 0 Å². The molecule has 0 spiro atoms. The van der Waals surface area contributed by atoms with Crippen molar-refractivity contribution in [3.8, 4) is 0 Å². The second-order valence-electron chi connectivity index (χ2n) is 1.46. The van der Waals surface area contributed by atoms with Gasteiger partial charge in [-0.1, -0.05) is 26.0 Å². The Morgan fingerprint density at radius 3 is 2.12 bits per heavy atom. The summed E-state index contributed by atoms with van der Waals surface area (Å²) in [6, 6.07) is 0. The first-order valence-corrected chi connectivity index (χ1v) is 3.36. The lowest BCUT2D eigenvalue weighted by Crippen LogP contribution is -2.17. The van der Waals surface area contributed by atoms with Crippen molar-refractivity contribution in [3.05, 3.63) is 12.2 Å². The Morgan fingerprint density at radius 1 is 1.25 bits per heavy atom. The van der Waals surface area contributed by atoms with Crippen molar-refractivity contribution < 1.29 is 0 Å². The van der Waals surface area contributed by atoms with E-state index in [2.05, 4.69) is 17.5 Å². The predicted octanol–water partition coefficient (Wildman–Crippen LogP) is 1.56. The molecule has 0 amide bonds. The van der Waals surface area contributed by atoms with Gasteiger partial charge in [0.25, 0.3) is 0 Å². The van der Waals surface area contributed by atoms with Crippen LogP contribution in [0.1, 0.15) is 20.3 Å². The van der Waals surface area contributed by atoms with Gasteiger partial charge < -0.3 is 5.32 Å². The summed E-state index contributed by atoms with van der Waals surface area (Å²) in [5.41, 5.74) is 0. The second-order valence-corrected chi connectivity index (χ2v) is 1.46. The Labute approximate surface area is 51.8 Å². The van der Waals surface area contributed by atoms with Crippen molar-refractivity contribution in [2.75, 3.05) is 13.1 Å². The van der Waals surface area contributed by atoms with E-state index < -0.39 is 0 Å². The van der Waals surface area contributed by atoms with E-state index in [1.807, 2.05) is 13.8 Å². The molecule has 1 heterocycles. The maximum Gasteiger partial charge on any atom is 0.0135 e. The first-order valence-electron chi connectivity index (χ1n) is 3.36. The normalized spacial score (nSPS) is 16.8. The third kappa shape index (κ3) is 3.88. The predicted molar refractivity (Wildman–Crippen MR) is 38.0 cm³/mol. The van der Waals surface area contributed by atoms with Gasteiger partial charge in [-0.25, -0.2) is 0 Å². The third-order valence-corrected chi connectivity index (χ3v) is 0.917. The summed E-state index contributed by atoms with van der Waals surface area (Å²) < 4.78 is 0. The van der Waals surface area contributed by atoms with Gasteiger partial charge in [0.1, 0.15) is 0 Å². The van der Waals surface area contributed by atoms with Crippen molar-refractivity contribution in [1.82, 2.24) is 5.32 Å². The average molecular weight is 113 g/mol. The van der Waals surface area contributed by atoms with Crippen LogP contribution in [-0.2, 0) is 0 Å². The van der Waals surface area contributed by atoms with Crippen molar-refractivity contribution in [1.29, 1.82) is 0 Å². The lowest BCUT2D eigenvalue weighted by molar-refractivity contribution is 0.728. The molecule has 0 saturated carbocycles. The van der Waals surface area contributed by atoms with Crippen LogP contribution in [-0.4, -0.2) is 13.1 Å². The molecule has 0 bridgehead atoms. The zero-order valence-electron chi connectivity index (χ0n) is 5.78. The minimum absolute atomic E-state index is 1.07. The SMILES string of the molecule is C1=CCNCC1.CC. The minimum Gasteiger partial charge on any atom is -0.313 e. The van der Waals surface area contributed by atoms with E-state index in [1.165, 1.54) is 6.42 Å². The van der Waals surface area contributed by atoms with Gasteiger partial charge in [0.2, 0.25) is 0 Å². The highest BCUT2D eigenvalue weighted by molar-refractivity contribution is 4.88. The highest BCUT2D eigenvalue weighted by Crippen LogP contribution is 1.84. The van der Waals surface area contributed by atoms with Crippen LogP contribution in [0.4, 0.5) is 0 Å². The molecule has 1 N–H and O–H groups in total. The van der Waals surface area contributed by atoms with Crippen LogP contribution in [0.25, 0.3) is 0 Å². The maximum atomic E-state index is 3.20. The number of hydrogen-bond acceptors (Lipinski definition) is 1. The molecule has 0 saturated heterocycles. The van der Waals surface area contributed by atoms with E-state index >= 15 is 0 Å². The number of rotatable bonds is 0. The lowest BCUT2D eigenvalue weighted by atomic mass is 10.3. The summed E-state index contributed by atoms with van der Waals surface area (Å²) in [6.45, 7) is 6.23. The molecule has 0 aromatic heterocycles. The Kier molecular flexibility index (Phi) is 6.45. The molecule has 1 aliphatic heterocycles. The highest BCUT2D eigenvalue weighted by atomic mass is 14.8. The molecule has 48 valence electrons. The first-order chi connectivity index (χ1) is 4.00. The Bertz CT molecular complexity index is 49.4. The highest BCUT2D eigenvalue weighted by Gasteiger charge is 1.84. The van der Waals surface area contributed by atoms with E-state index in [4.69, 9.17) is 0 Å². The van der Waals surface area contributed by atoms with Crippen LogP contribution in [0.15, 0.2) is 12.2 Å². The topological polar surface area (TPSA) is 12.0 Å². The first kappa shape index (κ1) is 7.70. The van der Waals surface area contributed by atoms with Crippen molar-refractivity contribution in [3.63, 3.8) is 0 Å². The van der Waals surface area contributed by atoms with Crippen LogP contribution in [0.2, 0.25) is 0 Å². The lowest BCUT2D eigenvalue weighted by Gasteiger charge is -2.01. The van der Waals surface area contributed by atoms with Crippen molar-refractivity contribution in [2.45, 2.75) is 20.3 Å². The number of hydrogen-bond donors (Lipinski definition) is 1. The van der Waals surface area contributed by atoms with Crippen LogP contribution < -0.4 is 5.32 Å². The van der Waals surface area contributed by atoms with Gasteiger partial charge in [0, 0.05) is 6.54 Å². The maximum absolute atomic E-state index is 3.20. The van der Waals surface area contributed by atoms with Gasteiger partial charge in [-0.05, 0) is 13.0 Å². The van der Waals surface area contributed by atoms with Crippen LogP contribution in [0, 0.1) is 0 Å². The van der Waals surface area contributed by atoms with E-state index in [-0.39, 0.29) is 0 Å².